The van der Waals surface area contributed by atoms with Crippen LogP contribution in [-0.2, 0) is 6.42 Å². The van der Waals surface area contributed by atoms with Gasteiger partial charge in [0.1, 0.15) is 0 Å². The Bertz CT molecular complexity index is 379. The molecule has 0 aliphatic rings. The summed E-state index contributed by atoms with van der Waals surface area (Å²) in [4.78, 5) is 0. The highest BCUT2D eigenvalue weighted by Gasteiger charge is 2.13. The molecule has 3 heteroatoms. The van der Waals surface area contributed by atoms with Crippen molar-refractivity contribution in [2.75, 3.05) is 0 Å². The standard InChI is InChI=1S/C16H25F2N/c1-3-5-6-12(4-2)9-14(19)10-13-7-8-15(17)16(18)11-13/h7-8,11-12,14H,3-6,9-10,19H2,1-2H3. The van der Waals surface area contributed by atoms with Crippen LogP contribution in [-0.4, -0.2) is 6.04 Å². The third kappa shape index (κ3) is 5.68. The number of halogens is 2. The number of rotatable bonds is 8. The fraction of sp³-hybridized carbons (Fsp3) is 0.625. The van der Waals surface area contributed by atoms with Gasteiger partial charge in [0.05, 0.1) is 0 Å². The van der Waals surface area contributed by atoms with Crippen molar-refractivity contribution in [1.29, 1.82) is 0 Å². The summed E-state index contributed by atoms with van der Waals surface area (Å²) in [5.41, 5.74) is 6.90. The molecule has 0 aliphatic heterocycles. The molecule has 0 aromatic heterocycles. The molecule has 19 heavy (non-hydrogen) atoms. The van der Waals surface area contributed by atoms with E-state index in [4.69, 9.17) is 5.73 Å². The maximum Gasteiger partial charge on any atom is 0.159 e. The van der Waals surface area contributed by atoms with Crippen LogP contribution in [0.1, 0.15) is 51.5 Å². The van der Waals surface area contributed by atoms with E-state index in [0.717, 1.165) is 18.4 Å². The molecule has 2 unspecified atom stereocenters. The molecule has 0 spiro atoms. The topological polar surface area (TPSA) is 26.0 Å². The molecular weight excluding hydrogens is 244 g/mol. The summed E-state index contributed by atoms with van der Waals surface area (Å²) in [6.45, 7) is 4.37. The normalized spacial score (nSPS) is 14.4. The third-order valence-corrected chi connectivity index (χ3v) is 3.66. The smallest absolute Gasteiger partial charge is 0.159 e. The van der Waals surface area contributed by atoms with Crippen molar-refractivity contribution in [3.05, 3.63) is 35.4 Å². The van der Waals surface area contributed by atoms with Gasteiger partial charge in [-0.15, -0.1) is 0 Å². The minimum absolute atomic E-state index is 0.0201. The number of benzene rings is 1. The van der Waals surface area contributed by atoms with Crippen molar-refractivity contribution in [3.63, 3.8) is 0 Å². The van der Waals surface area contributed by atoms with Gasteiger partial charge in [-0.25, -0.2) is 8.78 Å². The van der Waals surface area contributed by atoms with Gasteiger partial charge >= 0.3 is 0 Å². The minimum Gasteiger partial charge on any atom is -0.327 e. The maximum atomic E-state index is 13.1. The maximum absolute atomic E-state index is 13.1. The summed E-state index contributed by atoms with van der Waals surface area (Å²) >= 11 is 0. The Hall–Kier alpha value is -0.960. The van der Waals surface area contributed by atoms with Crippen molar-refractivity contribution < 1.29 is 8.78 Å². The summed E-state index contributed by atoms with van der Waals surface area (Å²) in [5.74, 6) is -0.949. The second kappa shape index (κ2) is 8.26. The Kier molecular flexibility index (Phi) is 7.00. The van der Waals surface area contributed by atoms with Crippen LogP contribution < -0.4 is 5.73 Å². The van der Waals surface area contributed by atoms with Crippen LogP contribution in [0.15, 0.2) is 18.2 Å². The Morgan fingerprint density at radius 3 is 2.47 bits per heavy atom. The van der Waals surface area contributed by atoms with Crippen molar-refractivity contribution in [3.8, 4) is 0 Å². The molecule has 0 amide bonds. The molecule has 2 N–H and O–H groups in total. The van der Waals surface area contributed by atoms with Gasteiger partial charge in [-0.1, -0.05) is 45.6 Å². The minimum atomic E-state index is -0.799. The Labute approximate surface area is 115 Å². The van der Waals surface area contributed by atoms with Gasteiger partial charge in [0, 0.05) is 6.04 Å². The lowest BCUT2D eigenvalue weighted by molar-refractivity contribution is 0.382. The lowest BCUT2D eigenvalue weighted by Crippen LogP contribution is -2.26. The number of hydrogen-bond donors (Lipinski definition) is 1. The molecule has 108 valence electrons. The van der Waals surface area contributed by atoms with Crippen LogP contribution in [0.25, 0.3) is 0 Å². The number of hydrogen-bond acceptors (Lipinski definition) is 1. The lowest BCUT2D eigenvalue weighted by atomic mass is 9.90. The van der Waals surface area contributed by atoms with Crippen LogP contribution in [0.4, 0.5) is 8.78 Å². The van der Waals surface area contributed by atoms with Gasteiger partial charge in [0.25, 0.3) is 0 Å². The summed E-state index contributed by atoms with van der Waals surface area (Å²) in [5, 5.41) is 0. The van der Waals surface area contributed by atoms with Crippen molar-refractivity contribution in [1.82, 2.24) is 0 Å². The van der Waals surface area contributed by atoms with Gasteiger partial charge in [-0.2, -0.15) is 0 Å². The number of nitrogens with two attached hydrogens (primary N) is 1. The van der Waals surface area contributed by atoms with Gasteiger partial charge < -0.3 is 5.73 Å². The highest BCUT2D eigenvalue weighted by atomic mass is 19.2. The Morgan fingerprint density at radius 2 is 1.89 bits per heavy atom. The zero-order chi connectivity index (χ0) is 14.3. The molecule has 0 saturated heterocycles. The predicted octanol–water partition coefficient (Wildman–Crippen LogP) is 4.44. The average molecular weight is 269 g/mol. The van der Waals surface area contributed by atoms with Crippen LogP contribution in [0.5, 0.6) is 0 Å². The van der Waals surface area contributed by atoms with E-state index in [0.29, 0.717) is 12.3 Å². The molecular formula is C16H25F2N. The second-order valence-electron chi connectivity index (χ2n) is 5.36. The van der Waals surface area contributed by atoms with Crippen LogP contribution in [0, 0.1) is 17.6 Å². The molecule has 1 aromatic rings. The molecule has 0 heterocycles. The quantitative estimate of drug-likeness (QED) is 0.741. The summed E-state index contributed by atoms with van der Waals surface area (Å²) < 4.78 is 25.9. The second-order valence-corrected chi connectivity index (χ2v) is 5.36. The first kappa shape index (κ1) is 16.1. The first-order valence-electron chi connectivity index (χ1n) is 7.26. The molecule has 1 nitrogen and oxygen atoms in total. The van der Waals surface area contributed by atoms with E-state index in [2.05, 4.69) is 13.8 Å². The van der Waals surface area contributed by atoms with Gasteiger partial charge in [0.15, 0.2) is 11.6 Å². The van der Waals surface area contributed by atoms with E-state index < -0.39 is 11.6 Å². The predicted molar refractivity (Wildman–Crippen MR) is 76.0 cm³/mol. The Morgan fingerprint density at radius 1 is 1.16 bits per heavy atom. The fourth-order valence-electron chi connectivity index (χ4n) is 2.46. The van der Waals surface area contributed by atoms with E-state index in [1.165, 1.54) is 31.4 Å². The van der Waals surface area contributed by atoms with Gasteiger partial charge in [-0.3, -0.25) is 0 Å². The molecule has 1 rings (SSSR count). The van der Waals surface area contributed by atoms with E-state index in [1.54, 1.807) is 6.07 Å². The van der Waals surface area contributed by atoms with Crippen molar-refractivity contribution in [2.45, 2.75) is 58.4 Å². The van der Waals surface area contributed by atoms with E-state index >= 15 is 0 Å². The van der Waals surface area contributed by atoms with Crippen LogP contribution in [0.2, 0.25) is 0 Å². The first-order chi connectivity index (χ1) is 9.06. The highest BCUT2D eigenvalue weighted by molar-refractivity contribution is 5.18. The molecule has 2 atom stereocenters. The van der Waals surface area contributed by atoms with Gasteiger partial charge in [0.2, 0.25) is 0 Å². The third-order valence-electron chi connectivity index (χ3n) is 3.66. The monoisotopic (exact) mass is 269 g/mol. The van der Waals surface area contributed by atoms with Crippen LogP contribution in [0.3, 0.4) is 0 Å². The zero-order valence-corrected chi connectivity index (χ0v) is 12.0. The summed E-state index contributed by atoms with van der Waals surface area (Å²) in [6, 6.07) is 4.06. The molecule has 1 aromatic carbocycles. The SMILES string of the molecule is CCCCC(CC)CC(N)Cc1ccc(F)c(F)c1. The molecule has 0 radical (unpaired) electrons. The largest absolute Gasteiger partial charge is 0.327 e. The fourth-order valence-corrected chi connectivity index (χ4v) is 2.46. The average Bonchev–Trinajstić information content (AvgIpc) is 2.38. The summed E-state index contributed by atoms with van der Waals surface area (Å²) in [7, 11) is 0. The number of unbranched alkanes of at least 4 members (excludes halogenated alkanes) is 1. The highest BCUT2D eigenvalue weighted by Crippen LogP contribution is 2.20. The first-order valence-corrected chi connectivity index (χ1v) is 7.26. The van der Waals surface area contributed by atoms with Gasteiger partial charge in [-0.05, 0) is 36.5 Å². The molecule has 0 fully saturated rings. The van der Waals surface area contributed by atoms with Crippen molar-refractivity contribution in [2.24, 2.45) is 11.7 Å². The summed E-state index contributed by atoms with van der Waals surface area (Å²) in [6.07, 6.45) is 6.34. The Balaban J connectivity index is 2.48. The zero-order valence-electron chi connectivity index (χ0n) is 12.0. The molecule has 0 saturated carbocycles. The van der Waals surface area contributed by atoms with Crippen molar-refractivity contribution >= 4 is 0 Å². The lowest BCUT2D eigenvalue weighted by Gasteiger charge is -2.19. The molecule has 0 aliphatic carbocycles. The molecule has 0 bridgehead atoms. The van der Waals surface area contributed by atoms with E-state index in [-0.39, 0.29) is 6.04 Å². The van der Waals surface area contributed by atoms with E-state index in [9.17, 15) is 8.78 Å². The van der Waals surface area contributed by atoms with Crippen LogP contribution >= 0.6 is 0 Å². The van der Waals surface area contributed by atoms with E-state index in [1.807, 2.05) is 0 Å².